The molecule has 112 valence electrons. The third-order valence-electron chi connectivity index (χ3n) is 4.30. The fourth-order valence-corrected chi connectivity index (χ4v) is 2.77. The summed E-state index contributed by atoms with van der Waals surface area (Å²) < 4.78 is 5.96. The van der Waals surface area contributed by atoms with Crippen LogP contribution in [0.25, 0.3) is 0 Å². The van der Waals surface area contributed by atoms with E-state index in [1.165, 1.54) is 5.57 Å². The largest absolute Gasteiger partial charge is 0.490 e. The Balaban J connectivity index is 1.52. The molecule has 3 rings (SSSR count). The second-order valence-corrected chi connectivity index (χ2v) is 5.75. The molecule has 0 atom stereocenters. The van der Waals surface area contributed by atoms with Gasteiger partial charge in [0, 0.05) is 44.6 Å². The van der Waals surface area contributed by atoms with Gasteiger partial charge in [-0.05, 0) is 24.6 Å². The van der Waals surface area contributed by atoms with Gasteiger partial charge in [0.05, 0.1) is 0 Å². The quantitative estimate of drug-likeness (QED) is 0.864. The van der Waals surface area contributed by atoms with Crippen molar-refractivity contribution in [2.45, 2.75) is 25.9 Å². The Bertz CT molecular complexity index is 525. The Labute approximate surface area is 125 Å². The molecule has 2 aliphatic rings. The van der Waals surface area contributed by atoms with Crippen molar-refractivity contribution in [3.05, 3.63) is 41.5 Å². The molecule has 1 N–H and O–H groups in total. The summed E-state index contributed by atoms with van der Waals surface area (Å²) in [5.41, 5.74) is 2.18. The summed E-state index contributed by atoms with van der Waals surface area (Å²) in [6, 6.07) is 9.91. The minimum absolute atomic E-state index is 0.199. The Morgan fingerprint density at radius 2 is 1.86 bits per heavy atom. The van der Waals surface area contributed by atoms with Crippen molar-refractivity contribution in [1.82, 2.24) is 10.2 Å². The highest BCUT2D eigenvalue weighted by molar-refractivity contribution is 5.94. The van der Waals surface area contributed by atoms with Gasteiger partial charge in [0.25, 0.3) is 0 Å². The van der Waals surface area contributed by atoms with Gasteiger partial charge in [-0.15, -0.1) is 0 Å². The summed E-state index contributed by atoms with van der Waals surface area (Å²) in [5, 5.41) is 3.19. The maximum atomic E-state index is 12.4. The third kappa shape index (κ3) is 3.27. The minimum atomic E-state index is 0.199. The molecule has 4 heteroatoms. The van der Waals surface area contributed by atoms with Crippen molar-refractivity contribution in [3.63, 3.8) is 0 Å². The summed E-state index contributed by atoms with van der Waals surface area (Å²) >= 11 is 0. The molecule has 2 fully saturated rings. The first-order valence-corrected chi connectivity index (χ1v) is 7.64. The molecular formula is C17H22N2O2. The predicted molar refractivity (Wildman–Crippen MR) is 82.2 cm³/mol. The van der Waals surface area contributed by atoms with E-state index in [-0.39, 0.29) is 12.0 Å². The lowest BCUT2D eigenvalue weighted by molar-refractivity contribution is -0.128. The SMILES string of the molecule is CC(C(=O)N1CCC(Oc2ccccc2)CC1)=C1CNC1. The van der Waals surface area contributed by atoms with Crippen molar-refractivity contribution in [2.24, 2.45) is 0 Å². The average molecular weight is 286 g/mol. The Morgan fingerprint density at radius 1 is 1.19 bits per heavy atom. The van der Waals surface area contributed by atoms with Gasteiger partial charge in [0.1, 0.15) is 11.9 Å². The van der Waals surface area contributed by atoms with Gasteiger partial charge >= 0.3 is 0 Å². The van der Waals surface area contributed by atoms with E-state index in [1.54, 1.807) is 0 Å². The van der Waals surface area contributed by atoms with Crippen LogP contribution in [-0.2, 0) is 4.79 Å². The number of ether oxygens (including phenoxy) is 1. The van der Waals surface area contributed by atoms with Crippen LogP contribution in [-0.4, -0.2) is 43.1 Å². The number of hydrogen-bond acceptors (Lipinski definition) is 3. The molecule has 0 aromatic heterocycles. The summed E-state index contributed by atoms with van der Waals surface area (Å²) in [6.45, 7) is 5.25. The zero-order valence-electron chi connectivity index (χ0n) is 12.5. The number of nitrogens with one attached hydrogen (secondary N) is 1. The Kier molecular flexibility index (Phi) is 4.25. The molecule has 1 aromatic carbocycles. The number of rotatable bonds is 3. The van der Waals surface area contributed by atoms with E-state index in [0.29, 0.717) is 0 Å². The van der Waals surface area contributed by atoms with Crippen LogP contribution in [0.3, 0.4) is 0 Å². The molecule has 0 bridgehead atoms. The van der Waals surface area contributed by atoms with Gasteiger partial charge in [0.2, 0.25) is 5.91 Å². The zero-order chi connectivity index (χ0) is 14.7. The van der Waals surface area contributed by atoms with Crippen LogP contribution in [0.5, 0.6) is 5.75 Å². The average Bonchev–Trinajstić information content (AvgIpc) is 2.46. The second kappa shape index (κ2) is 6.31. The standard InChI is InChI=1S/C17H22N2O2/c1-13(14-11-18-12-14)17(20)19-9-7-16(8-10-19)21-15-5-3-2-4-6-15/h2-6,16,18H,7-12H2,1H3. The normalized spacial score (nSPS) is 19.1. The van der Waals surface area contributed by atoms with Crippen LogP contribution in [0.1, 0.15) is 19.8 Å². The van der Waals surface area contributed by atoms with Gasteiger partial charge in [-0.1, -0.05) is 18.2 Å². The van der Waals surface area contributed by atoms with E-state index in [0.717, 1.165) is 50.3 Å². The van der Waals surface area contributed by atoms with Crippen LogP contribution in [0, 0.1) is 0 Å². The number of para-hydroxylation sites is 1. The van der Waals surface area contributed by atoms with Crippen LogP contribution < -0.4 is 10.1 Å². The molecular weight excluding hydrogens is 264 g/mol. The highest BCUT2D eigenvalue weighted by Crippen LogP contribution is 2.20. The van der Waals surface area contributed by atoms with Crippen molar-refractivity contribution in [1.29, 1.82) is 0 Å². The molecule has 0 aliphatic carbocycles. The lowest BCUT2D eigenvalue weighted by atomic mass is 10.0. The third-order valence-corrected chi connectivity index (χ3v) is 4.30. The number of carbonyl (C=O) groups excluding carboxylic acids is 1. The molecule has 0 saturated carbocycles. The van der Waals surface area contributed by atoms with Gasteiger partial charge in [-0.2, -0.15) is 0 Å². The van der Waals surface area contributed by atoms with Crippen LogP contribution in [0.2, 0.25) is 0 Å². The monoisotopic (exact) mass is 286 g/mol. The van der Waals surface area contributed by atoms with E-state index in [1.807, 2.05) is 42.2 Å². The summed E-state index contributed by atoms with van der Waals surface area (Å²) in [4.78, 5) is 14.4. The number of hydrogen-bond donors (Lipinski definition) is 1. The second-order valence-electron chi connectivity index (χ2n) is 5.75. The van der Waals surface area contributed by atoms with E-state index in [2.05, 4.69) is 5.32 Å². The summed E-state index contributed by atoms with van der Waals surface area (Å²) in [6.07, 6.45) is 2.03. The first-order valence-electron chi connectivity index (χ1n) is 7.64. The van der Waals surface area contributed by atoms with Gasteiger partial charge < -0.3 is 15.0 Å². The Morgan fingerprint density at radius 3 is 2.43 bits per heavy atom. The first kappa shape index (κ1) is 14.1. The molecule has 2 heterocycles. The van der Waals surface area contributed by atoms with Crippen LogP contribution >= 0.6 is 0 Å². The zero-order valence-corrected chi connectivity index (χ0v) is 12.5. The van der Waals surface area contributed by atoms with Gasteiger partial charge in [0.15, 0.2) is 0 Å². The van der Waals surface area contributed by atoms with E-state index < -0.39 is 0 Å². The predicted octanol–water partition coefficient (Wildman–Crippen LogP) is 1.98. The Hall–Kier alpha value is -1.81. The van der Waals surface area contributed by atoms with Crippen molar-refractivity contribution in [2.75, 3.05) is 26.2 Å². The molecule has 2 aliphatic heterocycles. The number of benzene rings is 1. The van der Waals surface area contributed by atoms with Crippen LogP contribution in [0.4, 0.5) is 0 Å². The molecule has 0 radical (unpaired) electrons. The molecule has 0 unspecified atom stereocenters. The fraction of sp³-hybridized carbons (Fsp3) is 0.471. The number of piperidine rings is 1. The van der Waals surface area contributed by atoms with E-state index in [9.17, 15) is 4.79 Å². The van der Waals surface area contributed by atoms with Gasteiger partial charge in [-0.3, -0.25) is 4.79 Å². The lowest BCUT2D eigenvalue weighted by Gasteiger charge is -2.33. The van der Waals surface area contributed by atoms with Crippen LogP contribution in [0.15, 0.2) is 41.5 Å². The minimum Gasteiger partial charge on any atom is -0.490 e. The van der Waals surface area contributed by atoms with E-state index in [4.69, 9.17) is 4.74 Å². The molecule has 0 spiro atoms. The van der Waals surface area contributed by atoms with Crippen molar-refractivity contribution >= 4 is 5.91 Å². The molecule has 1 aromatic rings. The molecule has 4 nitrogen and oxygen atoms in total. The topological polar surface area (TPSA) is 41.6 Å². The number of amides is 1. The molecule has 1 amide bonds. The van der Waals surface area contributed by atoms with Gasteiger partial charge in [-0.25, -0.2) is 0 Å². The summed E-state index contributed by atoms with van der Waals surface area (Å²) in [7, 11) is 0. The van der Waals surface area contributed by atoms with E-state index >= 15 is 0 Å². The number of likely N-dealkylation sites (tertiary alicyclic amines) is 1. The highest BCUT2D eigenvalue weighted by Gasteiger charge is 2.26. The summed E-state index contributed by atoms with van der Waals surface area (Å²) in [5.74, 6) is 1.12. The number of nitrogens with zero attached hydrogens (tertiary/aromatic N) is 1. The fourth-order valence-electron chi connectivity index (χ4n) is 2.77. The smallest absolute Gasteiger partial charge is 0.249 e. The maximum Gasteiger partial charge on any atom is 0.249 e. The number of carbonyl (C=O) groups is 1. The highest BCUT2D eigenvalue weighted by atomic mass is 16.5. The van der Waals surface area contributed by atoms with Crippen molar-refractivity contribution in [3.8, 4) is 5.75 Å². The molecule has 21 heavy (non-hydrogen) atoms. The molecule has 2 saturated heterocycles. The maximum absolute atomic E-state index is 12.4. The lowest BCUT2D eigenvalue weighted by Crippen LogP contribution is -2.44. The first-order chi connectivity index (χ1) is 10.2. The van der Waals surface area contributed by atoms with Crippen molar-refractivity contribution < 1.29 is 9.53 Å².